The first-order valence-electron chi connectivity index (χ1n) is 14.2. The van der Waals surface area contributed by atoms with E-state index in [9.17, 15) is 18.0 Å². The number of nitrogens with zero attached hydrogens (tertiary/aromatic N) is 2. The van der Waals surface area contributed by atoms with Crippen LogP contribution in [0.4, 0.5) is 5.69 Å². The number of anilines is 1. The van der Waals surface area contributed by atoms with Crippen molar-refractivity contribution < 1.29 is 27.5 Å². The summed E-state index contributed by atoms with van der Waals surface area (Å²) in [4.78, 5) is 29.1. The molecule has 236 valence electrons. The van der Waals surface area contributed by atoms with Gasteiger partial charge in [0, 0.05) is 31.1 Å². The highest BCUT2D eigenvalue weighted by molar-refractivity contribution is 7.92. The summed E-state index contributed by atoms with van der Waals surface area (Å²) < 4.78 is 40.2. The van der Waals surface area contributed by atoms with Crippen molar-refractivity contribution in [2.75, 3.05) is 32.1 Å². The summed E-state index contributed by atoms with van der Waals surface area (Å²) in [5.41, 5.74) is 2.63. The van der Waals surface area contributed by atoms with Crippen LogP contribution in [0, 0.1) is 6.92 Å². The van der Waals surface area contributed by atoms with E-state index in [1.807, 2.05) is 37.3 Å². The van der Waals surface area contributed by atoms with Crippen LogP contribution in [-0.4, -0.2) is 59.0 Å². The maximum absolute atomic E-state index is 14.4. The molecular weight excluding hydrogens is 614 g/mol. The number of hydrogen-bond donors (Lipinski definition) is 1. The molecule has 2 amide bonds. The van der Waals surface area contributed by atoms with Gasteiger partial charge in [-0.3, -0.25) is 13.9 Å². The van der Waals surface area contributed by atoms with E-state index in [1.54, 1.807) is 48.5 Å². The number of nitrogens with one attached hydrogen (secondary N) is 1. The average molecular weight is 650 g/mol. The summed E-state index contributed by atoms with van der Waals surface area (Å²) >= 11 is 6.51. The van der Waals surface area contributed by atoms with Gasteiger partial charge in [-0.05, 0) is 48.4 Å². The second-order valence-corrected chi connectivity index (χ2v) is 12.6. The van der Waals surface area contributed by atoms with Gasteiger partial charge in [0.2, 0.25) is 11.8 Å². The zero-order chi connectivity index (χ0) is 32.6. The second-order valence-electron chi connectivity index (χ2n) is 10.3. The Hall–Kier alpha value is -4.54. The number of halogens is 1. The molecule has 1 N–H and O–H groups in total. The fraction of sp³-hybridized carbons (Fsp3) is 0.235. The summed E-state index contributed by atoms with van der Waals surface area (Å²) in [5.74, 6) is -0.417. The molecule has 0 aromatic heterocycles. The molecule has 4 rings (SSSR count). The predicted molar refractivity (Wildman–Crippen MR) is 175 cm³/mol. The van der Waals surface area contributed by atoms with Crippen LogP contribution in [0.1, 0.15) is 16.7 Å². The Morgan fingerprint density at radius 3 is 2.13 bits per heavy atom. The number of methoxy groups -OCH3 is 2. The van der Waals surface area contributed by atoms with Crippen molar-refractivity contribution in [2.24, 2.45) is 0 Å². The average Bonchev–Trinajstić information content (AvgIpc) is 3.06. The zero-order valence-electron chi connectivity index (χ0n) is 25.6. The topological polar surface area (TPSA) is 105 Å². The summed E-state index contributed by atoms with van der Waals surface area (Å²) in [6, 6.07) is 26.4. The molecule has 0 saturated carbocycles. The lowest BCUT2D eigenvalue weighted by molar-refractivity contribution is -0.139. The standard InChI is InChI=1S/C34H36ClN3O6S/c1-24-14-16-27(17-15-24)38(45(41,42)28-18-19-31(43-3)32(21-28)44-4)23-33(39)37(22-26-12-8-9-13-29(26)35)30(34(40)36-2)20-25-10-6-5-7-11-25/h5-19,21,30H,20,22-23H2,1-4H3,(H,36,40)/t30-/m1/s1. The predicted octanol–water partition coefficient (Wildman–Crippen LogP) is 5.25. The van der Waals surface area contributed by atoms with Crippen molar-refractivity contribution in [1.29, 1.82) is 0 Å². The lowest BCUT2D eigenvalue weighted by Crippen LogP contribution is -2.53. The van der Waals surface area contributed by atoms with Gasteiger partial charge in [-0.2, -0.15) is 0 Å². The molecular formula is C34H36ClN3O6S. The molecule has 11 heteroatoms. The van der Waals surface area contributed by atoms with E-state index in [2.05, 4.69) is 5.32 Å². The number of amides is 2. The van der Waals surface area contributed by atoms with E-state index in [1.165, 1.54) is 44.4 Å². The quantitative estimate of drug-likeness (QED) is 0.212. The summed E-state index contributed by atoms with van der Waals surface area (Å²) in [6.07, 6.45) is 0.198. The van der Waals surface area contributed by atoms with Crippen molar-refractivity contribution in [3.05, 3.63) is 119 Å². The first-order chi connectivity index (χ1) is 21.6. The maximum Gasteiger partial charge on any atom is 0.264 e. The Morgan fingerprint density at radius 1 is 0.867 bits per heavy atom. The zero-order valence-corrected chi connectivity index (χ0v) is 27.1. The molecule has 4 aromatic carbocycles. The molecule has 0 aliphatic carbocycles. The van der Waals surface area contributed by atoms with Crippen LogP contribution in [0.2, 0.25) is 5.02 Å². The largest absolute Gasteiger partial charge is 0.493 e. The van der Waals surface area contributed by atoms with Crippen LogP contribution in [0.5, 0.6) is 11.5 Å². The van der Waals surface area contributed by atoms with E-state index in [-0.39, 0.29) is 29.3 Å². The number of aryl methyl sites for hydroxylation is 1. The van der Waals surface area contributed by atoms with Crippen molar-refractivity contribution in [2.45, 2.75) is 30.8 Å². The third-order valence-corrected chi connectivity index (χ3v) is 9.50. The van der Waals surface area contributed by atoms with Gasteiger partial charge in [0.1, 0.15) is 12.6 Å². The van der Waals surface area contributed by atoms with Crippen LogP contribution in [0.25, 0.3) is 0 Å². The lowest BCUT2D eigenvalue weighted by atomic mass is 10.0. The van der Waals surface area contributed by atoms with Crippen molar-refractivity contribution >= 4 is 39.1 Å². The highest BCUT2D eigenvalue weighted by Crippen LogP contribution is 2.32. The molecule has 0 unspecified atom stereocenters. The highest BCUT2D eigenvalue weighted by Gasteiger charge is 2.35. The third kappa shape index (κ3) is 7.95. The van der Waals surface area contributed by atoms with Gasteiger partial charge < -0.3 is 19.7 Å². The van der Waals surface area contributed by atoms with Gasteiger partial charge >= 0.3 is 0 Å². The Balaban J connectivity index is 1.81. The Bertz CT molecular complexity index is 1730. The fourth-order valence-corrected chi connectivity index (χ4v) is 6.50. The first-order valence-corrected chi connectivity index (χ1v) is 16.0. The molecule has 0 aliphatic heterocycles. The van der Waals surface area contributed by atoms with Gasteiger partial charge in [-0.25, -0.2) is 8.42 Å². The molecule has 0 heterocycles. The molecule has 0 radical (unpaired) electrons. The minimum atomic E-state index is -4.32. The van der Waals surface area contributed by atoms with Crippen LogP contribution in [0.3, 0.4) is 0 Å². The molecule has 0 spiro atoms. The van der Waals surface area contributed by atoms with Gasteiger partial charge in [-0.15, -0.1) is 0 Å². The maximum atomic E-state index is 14.4. The van der Waals surface area contributed by atoms with Crippen LogP contribution < -0.4 is 19.1 Å². The lowest BCUT2D eigenvalue weighted by Gasteiger charge is -2.33. The SMILES string of the molecule is CNC(=O)[C@@H](Cc1ccccc1)N(Cc1ccccc1Cl)C(=O)CN(c1ccc(C)cc1)S(=O)(=O)c1ccc(OC)c(OC)c1. The number of carbonyl (C=O) groups excluding carboxylic acids is 2. The van der Waals surface area contributed by atoms with E-state index in [0.29, 0.717) is 16.3 Å². The van der Waals surface area contributed by atoms with E-state index in [0.717, 1.165) is 15.4 Å². The highest BCUT2D eigenvalue weighted by atomic mass is 35.5. The normalized spacial score (nSPS) is 11.8. The first kappa shape index (κ1) is 33.4. The number of carbonyl (C=O) groups is 2. The molecule has 0 bridgehead atoms. The second kappa shape index (κ2) is 15.0. The van der Waals surface area contributed by atoms with E-state index >= 15 is 0 Å². The van der Waals surface area contributed by atoms with E-state index in [4.69, 9.17) is 21.1 Å². The molecule has 9 nitrogen and oxygen atoms in total. The molecule has 0 fully saturated rings. The Labute approximate surface area is 269 Å². The van der Waals surface area contributed by atoms with Gasteiger partial charge in [-0.1, -0.05) is 77.8 Å². The molecule has 45 heavy (non-hydrogen) atoms. The van der Waals surface area contributed by atoms with Crippen LogP contribution in [-0.2, 0) is 32.6 Å². The number of sulfonamides is 1. The van der Waals surface area contributed by atoms with Crippen LogP contribution in [0.15, 0.2) is 102 Å². The van der Waals surface area contributed by atoms with E-state index < -0.39 is 34.4 Å². The summed E-state index contributed by atoms with van der Waals surface area (Å²) in [7, 11) is 0.0418. The summed E-state index contributed by atoms with van der Waals surface area (Å²) in [6.45, 7) is 1.26. The molecule has 0 saturated heterocycles. The number of benzene rings is 4. The molecule has 1 atom stereocenters. The van der Waals surface area contributed by atoms with Crippen LogP contribution >= 0.6 is 11.6 Å². The number of ether oxygens (including phenoxy) is 2. The number of hydrogen-bond acceptors (Lipinski definition) is 6. The van der Waals surface area contributed by atoms with Crippen molar-refractivity contribution in [3.8, 4) is 11.5 Å². The Kier molecular flexibility index (Phi) is 11.1. The van der Waals surface area contributed by atoms with Gasteiger partial charge in [0.25, 0.3) is 10.0 Å². The third-order valence-electron chi connectivity index (χ3n) is 7.36. The van der Waals surface area contributed by atoms with Gasteiger partial charge in [0.05, 0.1) is 24.8 Å². The van der Waals surface area contributed by atoms with Gasteiger partial charge in [0.15, 0.2) is 11.5 Å². The number of rotatable bonds is 13. The smallest absolute Gasteiger partial charge is 0.264 e. The number of likely N-dealkylation sites (N-methyl/N-ethyl adjacent to an activating group) is 1. The minimum absolute atomic E-state index is 0.0262. The monoisotopic (exact) mass is 649 g/mol. The van der Waals surface area contributed by atoms with Crippen molar-refractivity contribution in [3.63, 3.8) is 0 Å². The Morgan fingerprint density at radius 2 is 1.51 bits per heavy atom. The summed E-state index contributed by atoms with van der Waals surface area (Å²) in [5, 5.41) is 3.08. The molecule has 0 aliphatic rings. The van der Waals surface area contributed by atoms with Crippen molar-refractivity contribution in [1.82, 2.24) is 10.2 Å². The minimum Gasteiger partial charge on any atom is -0.493 e. The molecule has 4 aromatic rings. The fourth-order valence-electron chi connectivity index (χ4n) is 4.87.